The fourth-order valence-electron chi connectivity index (χ4n) is 2.01. The third kappa shape index (κ3) is 2.84. The molecule has 0 unspecified atom stereocenters. The highest BCUT2D eigenvalue weighted by molar-refractivity contribution is 5.53. The van der Waals surface area contributed by atoms with Gasteiger partial charge < -0.3 is 14.4 Å². The minimum atomic E-state index is 0.0528. The van der Waals surface area contributed by atoms with Gasteiger partial charge in [-0.25, -0.2) is 0 Å². The molecule has 0 fully saturated rings. The number of rotatable bonds is 4. The number of hydrogen-bond donors (Lipinski definition) is 1. The maximum atomic E-state index is 9.42. The summed E-state index contributed by atoms with van der Waals surface area (Å²) in [6.45, 7) is 0. The topological polar surface area (TPSA) is 81.3 Å². The van der Waals surface area contributed by atoms with Crippen molar-refractivity contribution < 1.29 is 14.4 Å². The van der Waals surface area contributed by atoms with Gasteiger partial charge in [0.2, 0.25) is 0 Å². The van der Waals surface area contributed by atoms with E-state index < -0.39 is 0 Å². The van der Waals surface area contributed by atoms with Crippen LogP contribution in [0.2, 0.25) is 0 Å². The number of hydrogen-bond acceptors (Lipinski definition) is 6. The molecule has 3 rings (SSSR count). The van der Waals surface area contributed by atoms with Gasteiger partial charge in [0.15, 0.2) is 5.82 Å². The summed E-state index contributed by atoms with van der Waals surface area (Å²) < 4.78 is 10.5. The van der Waals surface area contributed by atoms with Crippen molar-refractivity contribution >= 4 is 0 Å². The van der Waals surface area contributed by atoms with E-state index in [9.17, 15) is 5.11 Å². The lowest BCUT2D eigenvalue weighted by molar-refractivity contribution is 0.408. The van der Waals surface area contributed by atoms with Crippen LogP contribution >= 0.6 is 0 Å². The predicted octanol–water partition coefficient (Wildman–Crippen LogP) is 2.44. The van der Waals surface area contributed by atoms with Crippen LogP contribution in [0.3, 0.4) is 0 Å². The van der Waals surface area contributed by atoms with Crippen LogP contribution in [0, 0.1) is 0 Å². The van der Waals surface area contributed by atoms with Gasteiger partial charge in [0.05, 0.1) is 18.9 Å². The zero-order chi connectivity index (χ0) is 14.7. The van der Waals surface area contributed by atoms with E-state index in [1.54, 1.807) is 13.3 Å². The van der Waals surface area contributed by atoms with Gasteiger partial charge in [-0.1, -0.05) is 23.4 Å². The van der Waals surface area contributed by atoms with Crippen LogP contribution < -0.4 is 4.74 Å². The average molecular weight is 283 g/mol. The third-order valence-corrected chi connectivity index (χ3v) is 2.98. The summed E-state index contributed by atoms with van der Waals surface area (Å²) in [4.78, 5) is 8.19. The second kappa shape index (κ2) is 5.62. The number of aromatic hydroxyl groups is 1. The van der Waals surface area contributed by atoms with Crippen molar-refractivity contribution in [2.75, 3.05) is 7.11 Å². The number of benzene rings is 1. The summed E-state index contributed by atoms with van der Waals surface area (Å²) in [5, 5.41) is 13.4. The fraction of sp³-hybridized carbons (Fsp3) is 0.133. The Morgan fingerprint density at radius 1 is 1.24 bits per heavy atom. The Morgan fingerprint density at radius 2 is 2.10 bits per heavy atom. The molecule has 0 radical (unpaired) electrons. The molecule has 2 heterocycles. The first-order valence-electron chi connectivity index (χ1n) is 6.35. The molecular weight excluding hydrogens is 270 g/mol. The Bertz CT molecular complexity index is 755. The van der Waals surface area contributed by atoms with Crippen LogP contribution in [-0.4, -0.2) is 27.3 Å². The Morgan fingerprint density at radius 3 is 2.90 bits per heavy atom. The Kier molecular flexibility index (Phi) is 3.51. The standard InChI is InChI=1S/C15H13N3O3/c1-20-13-5-3-2-4-10(13)7-14-17-15(21-18-14)11-6-12(19)9-16-8-11/h2-6,8-9,19H,7H2,1H3. The number of aromatic nitrogens is 3. The van der Waals surface area contributed by atoms with Gasteiger partial charge in [-0.15, -0.1) is 0 Å². The maximum absolute atomic E-state index is 9.42. The summed E-state index contributed by atoms with van der Waals surface area (Å²) >= 11 is 0. The second-order valence-corrected chi connectivity index (χ2v) is 4.44. The molecule has 3 aromatic rings. The van der Waals surface area contributed by atoms with Crippen LogP contribution in [0.5, 0.6) is 11.5 Å². The van der Waals surface area contributed by atoms with Crippen LogP contribution in [0.15, 0.2) is 47.2 Å². The van der Waals surface area contributed by atoms with E-state index in [-0.39, 0.29) is 5.75 Å². The minimum Gasteiger partial charge on any atom is -0.506 e. The third-order valence-electron chi connectivity index (χ3n) is 2.98. The lowest BCUT2D eigenvalue weighted by Crippen LogP contribution is -1.95. The Labute approximate surface area is 121 Å². The first-order chi connectivity index (χ1) is 10.3. The smallest absolute Gasteiger partial charge is 0.259 e. The normalized spacial score (nSPS) is 10.5. The number of ether oxygens (including phenoxy) is 1. The minimum absolute atomic E-state index is 0.0528. The van der Waals surface area contributed by atoms with Crippen molar-refractivity contribution in [3.63, 3.8) is 0 Å². The molecule has 0 aliphatic carbocycles. The molecule has 0 saturated heterocycles. The molecule has 0 saturated carbocycles. The Balaban J connectivity index is 1.85. The fourth-order valence-corrected chi connectivity index (χ4v) is 2.01. The van der Waals surface area contributed by atoms with Gasteiger partial charge in [0, 0.05) is 18.2 Å². The zero-order valence-corrected chi connectivity index (χ0v) is 11.4. The van der Waals surface area contributed by atoms with Gasteiger partial charge in [-0.05, 0) is 12.1 Å². The predicted molar refractivity (Wildman–Crippen MR) is 75.0 cm³/mol. The van der Waals surface area contributed by atoms with Crippen molar-refractivity contribution in [3.05, 3.63) is 54.1 Å². The summed E-state index contributed by atoms with van der Waals surface area (Å²) in [7, 11) is 1.62. The van der Waals surface area contributed by atoms with Crippen molar-refractivity contribution in [2.45, 2.75) is 6.42 Å². The first kappa shape index (κ1) is 13.1. The average Bonchev–Trinajstić information content (AvgIpc) is 2.96. The molecule has 6 heteroatoms. The second-order valence-electron chi connectivity index (χ2n) is 4.44. The molecule has 1 aromatic carbocycles. The van der Waals surface area contributed by atoms with Crippen LogP contribution in [0.25, 0.3) is 11.5 Å². The van der Waals surface area contributed by atoms with Gasteiger partial charge in [0.1, 0.15) is 11.5 Å². The summed E-state index contributed by atoms with van der Waals surface area (Å²) in [6.07, 6.45) is 3.40. The van der Waals surface area contributed by atoms with E-state index in [0.717, 1.165) is 11.3 Å². The molecule has 106 valence electrons. The molecule has 0 spiro atoms. The van der Waals surface area contributed by atoms with E-state index in [0.29, 0.717) is 23.7 Å². The van der Waals surface area contributed by atoms with Gasteiger partial charge in [0.25, 0.3) is 5.89 Å². The number of pyridine rings is 1. The van der Waals surface area contributed by atoms with Gasteiger partial charge in [-0.2, -0.15) is 4.98 Å². The van der Waals surface area contributed by atoms with Crippen LogP contribution in [0.4, 0.5) is 0 Å². The molecule has 0 bridgehead atoms. The number of nitrogens with zero attached hydrogens (tertiary/aromatic N) is 3. The van der Waals surface area contributed by atoms with Crippen molar-refractivity contribution in [2.24, 2.45) is 0 Å². The highest BCUT2D eigenvalue weighted by Crippen LogP contribution is 2.23. The lowest BCUT2D eigenvalue weighted by Gasteiger charge is -2.05. The molecule has 21 heavy (non-hydrogen) atoms. The van der Waals surface area contributed by atoms with E-state index >= 15 is 0 Å². The van der Waals surface area contributed by atoms with Crippen LogP contribution in [0.1, 0.15) is 11.4 Å². The molecule has 0 amide bonds. The highest BCUT2D eigenvalue weighted by atomic mass is 16.5. The summed E-state index contributed by atoms with van der Waals surface area (Å²) in [5.74, 6) is 1.70. The summed E-state index contributed by atoms with van der Waals surface area (Å²) in [6, 6.07) is 9.19. The van der Waals surface area contributed by atoms with Crippen molar-refractivity contribution in [1.82, 2.24) is 15.1 Å². The molecule has 0 atom stereocenters. The molecule has 0 aliphatic heterocycles. The van der Waals surface area contributed by atoms with Crippen LogP contribution in [-0.2, 0) is 6.42 Å². The molecular formula is C15H13N3O3. The van der Waals surface area contributed by atoms with E-state index in [1.165, 1.54) is 12.3 Å². The number of para-hydroxylation sites is 1. The monoisotopic (exact) mass is 283 g/mol. The van der Waals surface area contributed by atoms with E-state index in [1.807, 2.05) is 24.3 Å². The van der Waals surface area contributed by atoms with E-state index in [4.69, 9.17) is 9.26 Å². The SMILES string of the molecule is COc1ccccc1Cc1noc(-c2cncc(O)c2)n1. The lowest BCUT2D eigenvalue weighted by atomic mass is 10.1. The molecule has 1 N–H and O–H groups in total. The Hall–Kier alpha value is -2.89. The van der Waals surface area contributed by atoms with Gasteiger partial charge in [-0.3, -0.25) is 4.98 Å². The molecule has 2 aromatic heterocycles. The highest BCUT2D eigenvalue weighted by Gasteiger charge is 2.12. The number of methoxy groups -OCH3 is 1. The summed E-state index contributed by atoms with van der Waals surface area (Å²) in [5.41, 5.74) is 1.55. The first-order valence-corrected chi connectivity index (χ1v) is 6.35. The zero-order valence-electron chi connectivity index (χ0n) is 11.4. The largest absolute Gasteiger partial charge is 0.506 e. The van der Waals surface area contributed by atoms with Crippen molar-refractivity contribution in [1.29, 1.82) is 0 Å². The quantitative estimate of drug-likeness (QED) is 0.792. The molecule has 0 aliphatic rings. The molecule has 6 nitrogen and oxygen atoms in total. The van der Waals surface area contributed by atoms with E-state index in [2.05, 4.69) is 15.1 Å². The maximum Gasteiger partial charge on any atom is 0.259 e. The van der Waals surface area contributed by atoms with Crippen molar-refractivity contribution in [3.8, 4) is 23.0 Å². The van der Waals surface area contributed by atoms with Gasteiger partial charge >= 0.3 is 0 Å².